The van der Waals surface area contributed by atoms with E-state index < -0.39 is 10.0 Å². The van der Waals surface area contributed by atoms with Crippen molar-refractivity contribution < 1.29 is 8.42 Å². The Morgan fingerprint density at radius 2 is 1.90 bits per heavy atom. The molecule has 2 aliphatic rings. The normalized spacial score (nSPS) is 20.4. The molecule has 0 amide bonds. The number of rotatable bonds is 5. The zero-order valence-corrected chi connectivity index (χ0v) is 13.4. The van der Waals surface area contributed by atoms with Crippen molar-refractivity contribution in [2.45, 2.75) is 69.6 Å². The second kappa shape index (κ2) is 6.48. The molecule has 5 nitrogen and oxygen atoms in total. The van der Waals surface area contributed by atoms with Gasteiger partial charge in [-0.15, -0.1) is 0 Å². The van der Waals surface area contributed by atoms with Gasteiger partial charge in [-0.2, -0.15) is 5.10 Å². The zero-order valence-electron chi connectivity index (χ0n) is 12.6. The molecule has 0 radical (unpaired) electrons. The predicted octanol–water partition coefficient (Wildman–Crippen LogP) is 2.01. The fraction of sp³-hybridized carbons (Fsp3) is 0.800. The van der Waals surface area contributed by atoms with E-state index in [4.69, 9.17) is 0 Å². The smallest absolute Gasteiger partial charge is 0.214 e. The van der Waals surface area contributed by atoms with Gasteiger partial charge in [-0.25, -0.2) is 13.1 Å². The Morgan fingerprint density at radius 1 is 1.14 bits per heavy atom. The van der Waals surface area contributed by atoms with Crippen LogP contribution in [0.3, 0.4) is 0 Å². The molecule has 0 aliphatic heterocycles. The van der Waals surface area contributed by atoms with E-state index in [1.807, 2.05) is 10.9 Å². The van der Waals surface area contributed by atoms with Crippen LogP contribution in [0.4, 0.5) is 0 Å². The Hall–Kier alpha value is -0.880. The Kier molecular flexibility index (Phi) is 4.64. The van der Waals surface area contributed by atoms with E-state index in [1.165, 1.54) is 30.5 Å². The van der Waals surface area contributed by atoms with Gasteiger partial charge in [0.05, 0.1) is 18.0 Å². The molecule has 1 aromatic rings. The number of hydrogen-bond donors (Lipinski definition) is 1. The number of fused-ring (bicyclic) bond motifs is 1. The van der Waals surface area contributed by atoms with Crippen LogP contribution in [0.25, 0.3) is 0 Å². The minimum atomic E-state index is -3.15. The van der Waals surface area contributed by atoms with Gasteiger partial charge in [0.15, 0.2) is 0 Å². The van der Waals surface area contributed by atoms with E-state index in [1.54, 1.807) is 0 Å². The summed E-state index contributed by atoms with van der Waals surface area (Å²) in [6.07, 6.45) is 11.5. The quantitative estimate of drug-likeness (QED) is 0.905. The predicted molar refractivity (Wildman–Crippen MR) is 82.7 cm³/mol. The summed E-state index contributed by atoms with van der Waals surface area (Å²) in [6.45, 7) is 1.09. The molecule has 0 bridgehead atoms. The van der Waals surface area contributed by atoms with E-state index in [2.05, 4.69) is 9.82 Å². The molecule has 0 saturated heterocycles. The number of nitrogens with one attached hydrogen (secondary N) is 1. The first-order valence-corrected chi connectivity index (χ1v) is 9.73. The van der Waals surface area contributed by atoms with Crippen LogP contribution in [0.15, 0.2) is 6.20 Å². The molecule has 1 saturated carbocycles. The maximum Gasteiger partial charge on any atom is 0.214 e. The second-order valence-electron chi connectivity index (χ2n) is 6.25. The van der Waals surface area contributed by atoms with Crippen LogP contribution in [-0.2, 0) is 29.4 Å². The van der Waals surface area contributed by atoms with Crippen LogP contribution in [0.1, 0.15) is 56.2 Å². The van der Waals surface area contributed by atoms with Crippen molar-refractivity contribution in [3.8, 4) is 0 Å². The summed E-state index contributed by atoms with van der Waals surface area (Å²) >= 11 is 0. The SMILES string of the molecule is O=S(=O)(NCCn1ncc2c1CCCC2)C1CCCCC1. The van der Waals surface area contributed by atoms with E-state index in [0.717, 1.165) is 38.5 Å². The molecular formula is C15H25N3O2S. The molecular weight excluding hydrogens is 286 g/mol. The Balaban J connectivity index is 1.54. The van der Waals surface area contributed by atoms with E-state index >= 15 is 0 Å². The van der Waals surface area contributed by atoms with Crippen molar-refractivity contribution in [1.29, 1.82) is 0 Å². The van der Waals surface area contributed by atoms with Gasteiger partial charge < -0.3 is 0 Å². The van der Waals surface area contributed by atoms with Crippen LogP contribution in [0.5, 0.6) is 0 Å². The Labute approximate surface area is 127 Å². The van der Waals surface area contributed by atoms with Crippen molar-refractivity contribution in [2.24, 2.45) is 0 Å². The van der Waals surface area contributed by atoms with Crippen molar-refractivity contribution in [3.63, 3.8) is 0 Å². The van der Waals surface area contributed by atoms with Crippen molar-refractivity contribution in [1.82, 2.24) is 14.5 Å². The van der Waals surface area contributed by atoms with Crippen molar-refractivity contribution in [3.05, 3.63) is 17.5 Å². The molecule has 3 rings (SSSR count). The number of hydrogen-bond acceptors (Lipinski definition) is 3. The van der Waals surface area contributed by atoms with Crippen LogP contribution in [-0.4, -0.2) is 30.0 Å². The number of nitrogens with zero attached hydrogens (tertiary/aromatic N) is 2. The van der Waals surface area contributed by atoms with Crippen LogP contribution in [0, 0.1) is 0 Å². The van der Waals surface area contributed by atoms with Gasteiger partial charge in [0.2, 0.25) is 10.0 Å². The summed E-state index contributed by atoms with van der Waals surface area (Å²) in [5, 5.41) is 4.23. The molecule has 0 atom stereocenters. The zero-order chi connectivity index (χ0) is 14.7. The number of aromatic nitrogens is 2. The highest BCUT2D eigenvalue weighted by Crippen LogP contribution is 2.23. The fourth-order valence-electron chi connectivity index (χ4n) is 3.54. The Bertz CT molecular complexity index is 574. The average molecular weight is 311 g/mol. The van der Waals surface area contributed by atoms with E-state index in [0.29, 0.717) is 13.1 Å². The molecule has 2 aliphatic carbocycles. The lowest BCUT2D eigenvalue weighted by molar-refractivity contribution is 0.473. The van der Waals surface area contributed by atoms with Gasteiger partial charge in [-0.1, -0.05) is 19.3 Å². The van der Waals surface area contributed by atoms with Gasteiger partial charge >= 0.3 is 0 Å². The monoisotopic (exact) mass is 311 g/mol. The highest BCUT2D eigenvalue weighted by molar-refractivity contribution is 7.90. The maximum absolute atomic E-state index is 12.3. The summed E-state index contributed by atoms with van der Waals surface area (Å²) in [4.78, 5) is 0. The van der Waals surface area contributed by atoms with Gasteiger partial charge in [0.25, 0.3) is 0 Å². The lowest BCUT2D eigenvalue weighted by Crippen LogP contribution is -2.37. The lowest BCUT2D eigenvalue weighted by atomic mass is 9.98. The number of sulfonamides is 1. The summed E-state index contributed by atoms with van der Waals surface area (Å²) in [5.74, 6) is 0. The maximum atomic E-state index is 12.3. The minimum Gasteiger partial charge on any atom is -0.268 e. The van der Waals surface area contributed by atoms with Crippen LogP contribution in [0.2, 0.25) is 0 Å². The molecule has 21 heavy (non-hydrogen) atoms. The van der Waals surface area contributed by atoms with Crippen LogP contribution < -0.4 is 4.72 Å². The molecule has 0 unspecified atom stereocenters. The summed E-state index contributed by atoms with van der Waals surface area (Å²) in [5.41, 5.74) is 2.65. The summed E-state index contributed by atoms with van der Waals surface area (Å²) in [7, 11) is -3.15. The molecule has 1 aromatic heterocycles. The number of aryl methyl sites for hydroxylation is 1. The van der Waals surface area contributed by atoms with Gasteiger partial charge in [-0.3, -0.25) is 4.68 Å². The third kappa shape index (κ3) is 3.48. The standard InChI is InChI=1S/C15H25N3O2S/c19-21(20,14-7-2-1-3-8-14)17-10-11-18-15-9-5-4-6-13(15)12-16-18/h12,14,17H,1-11H2. The molecule has 0 spiro atoms. The Morgan fingerprint density at radius 3 is 2.71 bits per heavy atom. The summed E-state index contributed by atoms with van der Waals surface area (Å²) in [6, 6.07) is 0. The van der Waals surface area contributed by atoms with E-state index in [-0.39, 0.29) is 5.25 Å². The molecule has 1 N–H and O–H groups in total. The topological polar surface area (TPSA) is 64.0 Å². The van der Waals surface area contributed by atoms with Crippen LogP contribution >= 0.6 is 0 Å². The largest absolute Gasteiger partial charge is 0.268 e. The van der Waals surface area contributed by atoms with E-state index in [9.17, 15) is 8.42 Å². The first-order valence-electron chi connectivity index (χ1n) is 8.19. The van der Waals surface area contributed by atoms with Crippen molar-refractivity contribution >= 4 is 10.0 Å². The molecule has 1 heterocycles. The van der Waals surface area contributed by atoms with Gasteiger partial charge in [0.1, 0.15) is 0 Å². The van der Waals surface area contributed by atoms with Gasteiger partial charge in [0, 0.05) is 12.2 Å². The lowest BCUT2D eigenvalue weighted by Gasteiger charge is -2.22. The minimum absolute atomic E-state index is 0.183. The second-order valence-corrected chi connectivity index (χ2v) is 8.29. The first kappa shape index (κ1) is 15.0. The first-order chi connectivity index (χ1) is 10.2. The molecule has 118 valence electrons. The van der Waals surface area contributed by atoms with Gasteiger partial charge in [-0.05, 0) is 44.1 Å². The summed E-state index contributed by atoms with van der Waals surface area (Å²) < 4.78 is 29.3. The third-order valence-electron chi connectivity index (χ3n) is 4.76. The molecule has 1 fully saturated rings. The fourth-order valence-corrected chi connectivity index (χ4v) is 5.10. The molecule has 6 heteroatoms. The van der Waals surface area contributed by atoms with Crippen molar-refractivity contribution in [2.75, 3.05) is 6.54 Å². The molecule has 0 aromatic carbocycles. The highest BCUT2D eigenvalue weighted by Gasteiger charge is 2.26. The third-order valence-corrected chi connectivity index (χ3v) is 6.72. The highest BCUT2D eigenvalue weighted by atomic mass is 32.2. The average Bonchev–Trinajstić information content (AvgIpc) is 2.92.